The fourth-order valence-corrected chi connectivity index (χ4v) is 4.95. The van der Waals surface area contributed by atoms with Crippen LogP contribution in [0.25, 0.3) is 0 Å². The van der Waals surface area contributed by atoms with E-state index >= 15 is 0 Å². The number of hydrogen-bond donors (Lipinski definition) is 1. The minimum absolute atomic E-state index is 0.0664. The molecule has 0 saturated carbocycles. The van der Waals surface area contributed by atoms with Crippen LogP contribution in [0.1, 0.15) is 34.4 Å². The summed E-state index contributed by atoms with van der Waals surface area (Å²) in [6.45, 7) is 1.02. The van der Waals surface area contributed by atoms with E-state index in [1.54, 1.807) is 23.1 Å². The number of carbonyl (C=O) groups is 1. The number of nitrogens with one attached hydrogen (secondary N) is 1. The van der Waals surface area contributed by atoms with Crippen molar-refractivity contribution >= 4 is 34.0 Å². The topological polar surface area (TPSA) is 56.1 Å². The Morgan fingerprint density at radius 1 is 1.31 bits per heavy atom. The van der Waals surface area contributed by atoms with Gasteiger partial charge in [0.25, 0.3) is 0 Å². The molecule has 2 aromatic rings. The summed E-state index contributed by atoms with van der Waals surface area (Å²) in [7, 11) is 1.94. The monoisotopic (exact) mass is 385 g/mol. The highest BCUT2D eigenvalue weighted by molar-refractivity contribution is 7.98. The third-order valence-electron chi connectivity index (χ3n) is 4.56. The second-order valence-corrected chi connectivity index (χ2v) is 8.58. The molecule has 0 aliphatic heterocycles. The maximum atomic E-state index is 12.4. The number of nitrogens with zero attached hydrogens (tertiary/aromatic N) is 2. The lowest BCUT2D eigenvalue weighted by atomic mass is 9.96. The summed E-state index contributed by atoms with van der Waals surface area (Å²) in [5.74, 6) is -0.0664. The van der Waals surface area contributed by atoms with Gasteiger partial charge >= 0.3 is 0 Å². The summed E-state index contributed by atoms with van der Waals surface area (Å²) in [5, 5.41) is 13.2. The zero-order valence-corrected chi connectivity index (χ0v) is 16.8. The molecule has 6 heteroatoms. The molecule has 1 N–H and O–H groups in total. The molecule has 0 spiro atoms. The second kappa shape index (κ2) is 8.72. The van der Waals surface area contributed by atoms with Gasteiger partial charge in [-0.1, -0.05) is 12.1 Å². The summed E-state index contributed by atoms with van der Waals surface area (Å²) in [6, 6.07) is 10.7. The molecule has 1 aliphatic carbocycles. The van der Waals surface area contributed by atoms with Crippen molar-refractivity contribution in [2.45, 2.75) is 37.1 Å². The molecular formula is C20H23N3OS2. The Hall–Kier alpha value is -1.81. The summed E-state index contributed by atoms with van der Waals surface area (Å²) in [4.78, 5) is 16.9. The summed E-state index contributed by atoms with van der Waals surface area (Å²) in [6.07, 6.45) is 6.34. The van der Waals surface area contributed by atoms with E-state index in [0.29, 0.717) is 18.7 Å². The Morgan fingerprint density at radius 2 is 2.04 bits per heavy atom. The quantitative estimate of drug-likeness (QED) is 0.754. The molecule has 3 rings (SSSR count). The van der Waals surface area contributed by atoms with E-state index in [1.165, 1.54) is 21.8 Å². The Morgan fingerprint density at radius 3 is 2.73 bits per heavy atom. The minimum atomic E-state index is -0.0664. The molecule has 0 fully saturated rings. The maximum absolute atomic E-state index is 12.4. The van der Waals surface area contributed by atoms with Crippen LogP contribution in [-0.4, -0.2) is 30.7 Å². The number of thiophene rings is 1. The SMILES string of the molecule is CSc1ccc(CN(C)CC(=O)Nc2sc3c(c2C#N)CCCC3)cc1. The first-order valence-electron chi connectivity index (χ1n) is 8.76. The van der Waals surface area contributed by atoms with E-state index in [9.17, 15) is 10.1 Å². The largest absolute Gasteiger partial charge is 0.315 e. The van der Waals surface area contributed by atoms with Crippen LogP contribution in [0.2, 0.25) is 0 Å². The van der Waals surface area contributed by atoms with Gasteiger partial charge in [0.05, 0.1) is 12.1 Å². The minimum Gasteiger partial charge on any atom is -0.315 e. The Balaban J connectivity index is 1.60. The average molecular weight is 386 g/mol. The number of carbonyl (C=O) groups excluding carboxylic acids is 1. The molecule has 1 aromatic heterocycles. The number of aryl methyl sites for hydroxylation is 1. The van der Waals surface area contributed by atoms with E-state index in [0.717, 1.165) is 29.8 Å². The highest BCUT2D eigenvalue weighted by Gasteiger charge is 2.22. The van der Waals surface area contributed by atoms with Crippen molar-refractivity contribution in [3.05, 3.63) is 45.8 Å². The zero-order valence-electron chi connectivity index (χ0n) is 15.2. The van der Waals surface area contributed by atoms with Gasteiger partial charge in [0.2, 0.25) is 5.91 Å². The van der Waals surface area contributed by atoms with Gasteiger partial charge < -0.3 is 5.32 Å². The van der Waals surface area contributed by atoms with Gasteiger partial charge in [-0.05, 0) is 62.2 Å². The number of rotatable bonds is 6. The van der Waals surface area contributed by atoms with Gasteiger partial charge in [0, 0.05) is 16.3 Å². The first-order chi connectivity index (χ1) is 12.6. The molecule has 1 aliphatic rings. The third-order valence-corrected chi connectivity index (χ3v) is 6.51. The highest BCUT2D eigenvalue weighted by Crippen LogP contribution is 2.37. The number of amides is 1. The van der Waals surface area contributed by atoms with E-state index in [2.05, 4.69) is 41.9 Å². The Bertz CT molecular complexity index is 821. The number of benzene rings is 1. The summed E-state index contributed by atoms with van der Waals surface area (Å²) < 4.78 is 0. The first-order valence-corrected chi connectivity index (χ1v) is 10.8. The lowest BCUT2D eigenvalue weighted by molar-refractivity contribution is -0.117. The molecule has 1 aromatic carbocycles. The number of thioether (sulfide) groups is 1. The van der Waals surface area contributed by atoms with Crippen molar-refractivity contribution in [2.75, 3.05) is 25.2 Å². The van der Waals surface area contributed by atoms with Gasteiger partial charge in [0.15, 0.2) is 0 Å². The molecule has 0 radical (unpaired) electrons. The lowest BCUT2D eigenvalue weighted by Gasteiger charge is -2.16. The molecule has 136 valence electrons. The van der Waals surface area contributed by atoms with E-state index in [1.807, 2.05) is 11.9 Å². The standard InChI is InChI=1S/C20H23N3OS2/c1-23(12-14-7-9-15(25-2)10-8-14)13-19(24)22-20-17(11-21)16-5-3-4-6-18(16)26-20/h7-10H,3-6,12-13H2,1-2H3,(H,22,24). The molecule has 1 heterocycles. The van der Waals surface area contributed by atoms with E-state index < -0.39 is 0 Å². The highest BCUT2D eigenvalue weighted by atomic mass is 32.2. The van der Waals surface area contributed by atoms with Crippen molar-refractivity contribution in [1.29, 1.82) is 5.26 Å². The van der Waals surface area contributed by atoms with Crippen molar-refractivity contribution in [3.8, 4) is 6.07 Å². The molecule has 1 amide bonds. The van der Waals surface area contributed by atoms with Crippen LogP contribution in [-0.2, 0) is 24.2 Å². The summed E-state index contributed by atoms with van der Waals surface area (Å²) >= 11 is 3.29. The van der Waals surface area contributed by atoms with Crippen LogP contribution < -0.4 is 5.32 Å². The third kappa shape index (κ3) is 4.47. The van der Waals surface area contributed by atoms with Crippen LogP contribution in [0.15, 0.2) is 29.2 Å². The molecule has 26 heavy (non-hydrogen) atoms. The number of anilines is 1. The fraction of sp³-hybridized carbons (Fsp3) is 0.400. The molecule has 0 bridgehead atoms. The van der Waals surface area contributed by atoms with Crippen molar-refractivity contribution in [3.63, 3.8) is 0 Å². The molecule has 0 atom stereocenters. The lowest BCUT2D eigenvalue weighted by Crippen LogP contribution is -2.29. The van der Waals surface area contributed by atoms with Gasteiger partial charge in [-0.25, -0.2) is 0 Å². The molecule has 0 saturated heterocycles. The second-order valence-electron chi connectivity index (χ2n) is 6.60. The first kappa shape index (κ1) is 19.0. The number of fused-ring (bicyclic) bond motifs is 1. The molecular weight excluding hydrogens is 362 g/mol. The predicted octanol–water partition coefficient (Wildman–Crippen LogP) is 4.29. The van der Waals surface area contributed by atoms with Gasteiger partial charge in [-0.3, -0.25) is 9.69 Å². The van der Waals surface area contributed by atoms with Crippen LogP contribution >= 0.6 is 23.1 Å². The number of nitriles is 1. The van der Waals surface area contributed by atoms with E-state index in [-0.39, 0.29) is 5.91 Å². The molecule has 0 unspecified atom stereocenters. The Kier molecular flexibility index (Phi) is 6.36. The maximum Gasteiger partial charge on any atom is 0.239 e. The van der Waals surface area contributed by atoms with Crippen molar-refractivity contribution < 1.29 is 4.79 Å². The summed E-state index contributed by atoms with van der Waals surface area (Å²) in [5.41, 5.74) is 3.01. The van der Waals surface area contributed by atoms with Crippen LogP contribution in [0.4, 0.5) is 5.00 Å². The van der Waals surface area contributed by atoms with Crippen LogP contribution in [0, 0.1) is 11.3 Å². The fourth-order valence-electron chi connectivity index (χ4n) is 3.28. The smallest absolute Gasteiger partial charge is 0.239 e. The normalized spacial score (nSPS) is 13.3. The van der Waals surface area contributed by atoms with Crippen molar-refractivity contribution in [1.82, 2.24) is 4.90 Å². The number of likely N-dealkylation sites (N-methyl/N-ethyl adjacent to an activating group) is 1. The van der Waals surface area contributed by atoms with Crippen molar-refractivity contribution in [2.24, 2.45) is 0 Å². The number of hydrogen-bond acceptors (Lipinski definition) is 5. The van der Waals surface area contributed by atoms with E-state index in [4.69, 9.17) is 0 Å². The van der Waals surface area contributed by atoms with Gasteiger partial charge in [-0.15, -0.1) is 23.1 Å². The predicted molar refractivity (Wildman–Crippen MR) is 109 cm³/mol. The van der Waals surface area contributed by atoms with Gasteiger partial charge in [0.1, 0.15) is 11.1 Å². The zero-order chi connectivity index (χ0) is 18.5. The van der Waals surface area contributed by atoms with Crippen LogP contribution in [0.3, 0.4) is 0 Å². The molecule has 4 nitrogen and oxygen atoms in total. The van der Waals surface area contributed by atoms with Crippen LogP contribution in [0.5, 0.6) is 0 Å². The Labute approximate surface area is 163 Å². The average Bonchev–Trinajstić information content (AvgIpc) is 2.98. The van der Waals surface area contributed by atoms with Gasteiger partial charge in [-0.2, -0.15) is 5.26 Å².